The summed E-state index contributed by atoms with van der Waals surface area (Å²) in [5.74, 6) is 0.267. The third-order valence-corrected chi connectivity index (χ3v) is 3.93. The summed E-state index contributed by atoms with van der Waals surface area (Å²) in [7, 11) is 0. The summed E-state index contributed by atoms with van der Waals surface area (Å²) in [5, 5.41) is 15.4. The molecule has 0 amide bonds. The lowest BCUT2D eigenvalue weighted by Gasteiger charge is -2.03. The molecule has 0 saturated carbocycles. The predicted octanol–water partition coefficient (Wildman–Crippen LogP) is 3.17. The first kappa shape index (κ1) is 13.6. The van der Waals surface area contributed by atoms with Gasteiger partial charge in [0.2, 0.25) is 5.88 Å². The lowest BCUT2D eigenvalue weighted by molar-refractivity contribution is 0.422. The largest absolute Gasteiger partial charge is 0.494 e. The van der Waals surface area contributed by atoms with Gasteiger partial charge in [0, 0.05) is 25.1 Å². The molecule has 0 aliphatic carbocycles. The van der Waals surface area contributed by atoms with Crippen LogP contribution >= 0.6 is 0 Å². The van der Waals surface area contributed by atoms with E-state index in [9.17, 15) is 5.11 Å². The molecule has 0 aliphatic heterocycles. The fourth-order valence-electron chi connectivity index (χ4n) is 2.70. The van der Waals surface area contributed by atoms with E-state index in [1.807, 2.05) is 70.3 Å². The van der Waals surface area contributed by atoms with Gasteiger partial charge >= 0.3 is 0 Å². The highest BCUT2D eigenvalue weighted by atomic mass is 16.3. The number of fused-ring (bicyclic) bond motifs is 1. The average molecular weight is 304 g/mol. The summed E-state index contributed by atoms with van der Waals surface area (Å²) < 4.78 is 3.69. The van der Waals surface area contributed by atoms with Crippen molar-refractivity contribution in [1.82, 2.24) is 19.3 Å². The Balaban J connectivity index is 1.53. The maximum atomic E-state index is 10.3. The predicted molar refractivity (Wildman–Crippen MR) is 88.7 cm³/mol. The average Bonchev–Trinajstić information content (AvgIpc) is 3.19. The molecular weight excluding hydrogens is 288 g/mol. The molecule has 0 saturated heterocycles. The minimum Gasteiger partial charge on any atom is -0.494 e. The van der Waals surface area contributed by atoms with Crippen molar-refractivity contribution in [1.29, 1.82) is 0 Å². The minimum absolute atomic E-state index is 0.267. The van der Waals surface area contributed by atoms with Crippen molar-refractivity contribution in [2.75, 3.05) is 0 Å². The smallest absolute Gasteiger partial charge is 0.200 e. The van der Waals surface area contributed by atoms with Gasteiger partial charge in [0.05, 0.1) is 22.8 Å². The topological polar surface area (TPSA) is 55.9 Å². The van der Waals surface area contributed by atoms with Crippen LogP contribution in [0.4, 0.5) is 0 Å². The van der Waals surface area contributed by atoms with E-state index in [1.54, 1.807) is 6.20 Å². The van der Waals surface area contributed by atoms with E-state index >= 15 is 0 Å². The standard InChI is InChI=1S/C18H16N4O/c23-18-16-7-4-9-19-17(16)13-21(18)10-8-14-11-20-22(12-14)15-5-2-1-3-6-15/h1-7,9,11-13,23H,8,10H2. The Hall–Kier alpha value is -3.08. The van der Waals surface area contributed by atoms with Crippen LogP contribution < -0.4 is 0 Å². The second-order valence-corrected chi connectivity index (χ2v) is 5.46. The van der Waals surface area contributed by atoms with Crippen molar-refractivity contribution >= 4 is 10.9 Å². The Bertz CT molecular complexity index is 940. The second-order valence-electron chi connectivity index (χ2n) is 5.46. The van der Waals surface area contributed by atoms with Crippen molar-refractivity contribution in [3.63, 3.8) is 0 Å². The van der Waals surface area contributed by atoms with Crippen LogP contribution in [0.25, 0.3) is 16.6 Å². The first-order valence-electron chi connectivity index (χ1n) is 7.53. The molecule has 0 atom stereocenters. The summed E-state index contributed by atoms with van der Waals surface area (Å²) in [4.78, 5) is 4.26. The third-order valence-electron chi connectivity index (χ3n) is 3.93. The number of rotatable bonds is 4. The first-order chi connectivity index (χ1) is 11.3. The molecule has 3 aromatic heterocycles. The van der Waals surface area contributed by atoms with Crippen molar-refractivity contribution in [3.05, 3.63) is 72.8 Å². The van der Waals surface area contributed by atoms with Crippen molar-refractivity contribution in [3.8, 4) is 11.6 Å². The molecule has 0 aliphatic rings. The van der Waals surface area contributed by atoms with Gasteiger partial charge in [-0.25, -0.2) is 4.68 Å². The molecule has 4 aromatic rings. The van der Waals surface area contributed by atoms with Crippen LogP contribution in [0.5, 0.6) is 5.88 Å². The highest BCUT2D eigenvalue weighted by Crippen LogP contribution is 2.25. The van der Waals surface area contributed by atoms with Gasteiger partial charge in [-0.2, -0.15) is 5.10 Å². The van der Waals surface area contributed by atoms with Crippen molar-refractivity contribution in [2.24, 2.45) is 0 Å². The van der Waals surface area contributed by atoms with Gasteiger partial charge in [-0.15, -0.1) is 0 Å². The fourth-order valence-corrected chi connectivity index (χ4v) is 2.70. The molecule has 0 radical (unpaired) electrons. The van der Waals surface area contributed by atoms with Crippen LogP contribution in [-0.4, -0.2) is 24.4 Å². The summed E-state index contributed by atoms with van der Waals surface area (Å²) in [6.07, 6.45) is 8.29. The third kappa shape index (κ3) is 2.57. The highest BCUT2D eigenvalue weighted by Gasteiger charge is 2.09. The number of para-hydroxylation sites is 1. The lowest BCUT2D eigenvalue weighted by atomic mass is 10.2. The number of aromatic hydroxyl groups is 1. The quantitative estimate of drug-likeness (QED) is 0.630. The van der Waals surface area contributed by atoms with Gasteiger partial charge in [-0.3, -0.25) is 4.98 Å². The molecule has 1 aromatic carbocycles. The molecule has 4 rings (SSSR count). The van der Waals surface area contributed by atoms with Gasteiger partial charge in [-0.1, -0.05) is 18.2 Å². The lowest BCUT2D eigenvalue weighted by Crippen LogP contribution is -1.98. The molecule has 5 nitrogen and oxygen atoms in total. The van der Waals surface area contributed by atoms with Gasteiger partial charge in [0.1, 0.15) is 0 Å². The minimum atomic E-state index is 0.267. The number of hydrogen-bond donors (Lipinski definition) is 1. The SMILES string of the molecule is Oc1c2cccnc2cn1CCc1cnn(-c2ccccc2)c1. The molecule has 0 bridgehead atoms. The highest BCUT2D eigenvalue weighted by molar-refractivity contribution is 5.84. The van der Waals surface area contributed by atoms with Gasteiger partial charge in [0.15, 0.2) is 0 Å². The zero-order valence-electron chi connectivity index (χ0n) is 12.5. The number of aryl methyl sites for hydroxylation is 2. The Morgan fingerprint density at radius 3 is 2.70 bits per heavy atom. The molecule has 0 fully saturated rings. The summed E-state index contributed by atoms with van der Waals surface area (Å²) in [5.41, 5.74) is 2.97. The Kier molecular flexibility index (Phi) is 3.31. The maximum Gasteiger partial charge on any atom is 0.200 e. The van der Waals surface area contributed by atoms with Gasteiger partial charge in [-0.05, 0) is 36.2 Å². The molecule has 0 unspecified atom stereocenters. The normalized spacial score (nSPS) is 11.1. The fraction of sp³-hybridized carbons (Fsp3) is 0.111. The Morgan fingerprint density at radius 1 is 1.00 bits per heavy atom. The molecule has 0 spiro atoms. The summed E-state index contributed by atoms with van der Waals surface area (Å²) >= 11 is 0. The van der Waals surface area contributed by atoms with E-state index in [0.29, 0.717) is 6.54 Å². The van der Waals surface area contributed by atoms with Crippen LogP contribution in [0.2, 0.25) is 0 Å². The zero-order valence-corrected chi connectivity index (χ0v) is 12.5. The number of hydrogen-bond acceptors (Lipinski definition) is 3. The second kappa shape index (κ2) is 5.61. The maximum absolute atomic E-state index is 10.3. The number of aromatic nitrogens is 4. The van der Waals surface area contributed by atoms with Crippen LogP contribution in [0.3, 0.4) is 0 Å². The number of pyridine rings is 1. The van der Waals surface area contributed by atoms with E-state index in [0.717, 1.165) is 28.6 Å². The molecule has 3 heterocycles. The van der Waals surface area contributed by atoms with E-state index < -0.39 is 0 Å². The zero-order chi connectivity index (χ0) is 15.6. The molecule has 1 N–H and O–H groups in total. The van der Waals surface area contributed by atoms with Crippen LogP contribution in [0.15, 0.2) is 67.3 Å². The van der Waals surface area contributed by atoms with Crippen LogP contribution in [0.1, 0.15) is 5.56 Å². The first-order valence-corrected chi connectivity index (χ1v) is 7.53. The number of benzene rings is 1. The van der Waals surface area contributed by atoms with E-state index in [4.69, 9.17) is 0 Å². The van der Waals surface area contributed by atoms with Gasteiger partial charge in [0.25, 0.3) is 0 Å². The monoisotopic (exact) mass is 304 g/mol. The molecular formula is C18H16N4O. The van der Waals surface area contributed by atoms with Crippen LogP contribution in [0, 0.1) is 0 Å². The summed E-state index contributed by atoms with van der Waals surface area (Å²) in [6.45, 7) is 0.683. The summed E-state index contributed by atoms with van der Waals surface area (Å²) in [6, 6.07) is 13.7. The van der Waals surface area contributed by atoms with Crippen LogP contribution in [-0.2, 0) is 13.0 Å². The van der Waals surface area contributed by atoms with E-state index in [-0.39, 0.29) is 5.88 Å². The molecule has 114 valence electrons. The Labute approximate surface area is 133 Å². The van der Waals surface area contributed by atoms with E-state index in [2.05, 4.69) is 10.1 Å². The number of nitrogens with zero attached hydrogens (tertiary/aromatic N) is 4. The van der Waals surface area contributed by atoms with E-state index in [1.165, 1.54) is 0 Å². The Morgan fingerprint density at radius 2 is 1.87 bits per heavy atom. The van der Waals surface area contributed by atoms with Crippen molar-refractivity contribution < 1.29 is 5.11 Å². The van der Waals surface area contributed by atoms with Gasteiger partial charge < -0.3 is 9.67 Å². The molecule has 23 heavy (non-hydrogen) atoms. The molecule has 5 heteroatoms. The van der Waals surface area contributed by atoms with Crippen molar-refractivity contribution in [2.45, 2.75) is 13.0 Å².